The molecule has 1 rings (SSSR count). The van der Waals surface area contributed by atoms with Gasteiger partial charge in [-0.3, -0.25) is 9.69 Å². The summed E-state index contributed by atoms with van der Waals surface area (Å²) in [6, 6.07) is 0.447. The van der Waals surface area contributed by atoms with Gasteiger partial charge in [-0.1, -0.05) is 0 Å². The van der Waals surface area contributed by atoms with E-state index in [0.29, 0.717) is 19.0 Å². The maximum atomic E-state index is 11.4. The third-order valence-electron chi connectivity index (χ3n) is 3.38. The van der Waals surface area contributed by atoms with E-state index in [1.165, 1.54) is 0 Å². The van der Waals surface area contributed by atoms with Crippen molar-refractivity contribution in [3.63, 3.8) is 0 Å². The summed E-state index contributed by atoms with van der Waals surface area (Å²) >= 11 is 0. The van der Waals surface area contributed by atoms with Crippen molar-refractivity contribution in [2.45, 2.75) is 39.3 Å². The lowest BCUT2D eigenvalue weighted by Gasteiger charge is -2.40. The molecule has 0 unspecified atom stereocenters. The Kier molecular flexibility index (Phi) is 6.60. The topological polar surface area (TPSA) is 55.8 Å². The van der Waals surface area contributed by atoms with Gasteiger partial charge in [0.15, 0.2) is 0 Å². The smallest absolute Gasteiger partial charge is 0.221 e. The molecule has 1 amide bonds. The number of β-amino-alcohol motifs (C(OH)–C–C–N with tert-alkyl or cyclic N) is 1. The first-order valence-electron chi connectivity index (χ1n) is 6.94. The summed E-state index contributed by atoms with van der Waals surface area (Å²) in [5.74, 6) is 0.136. The molecule has 0 aromatic rings. The van der Waals surface area contributed by atoms with Gasteiger partial charge in [-0.25, -0.2) is 0 Å². The molecule has 1 saturated heterocycles. The number of rotatable bonds is 6. The molecule has 5 nitrogen and oxygen atoms in total. The summed E-state index contributed by atoms with van der Waals surface area (Å²) in [7, 11) is 0. The van der Waals surface area contributed by atoms with Crippen LogP contribution in [0.5, 0.6) is 0 Å². The van der Waals surface area contributed by atoms with Crippen molar-refractivity contribution in [2.75, 3.05) is 39.3 Å². The van der Waals surface area contributed by atoms with Gasteiger partial charge < -0.3 is 15.3 Å². The first kappa shape index (κ1) is 15.4. The average molecular weight is 257 g/mol. The van der Waals surface area contributed by atoms with Crippen LogP contribution in [-0.2, 0) is 4.79 Å². The highest BCUT2D eigenvalue weighted by Gasteiger charge is 2.24. The van der Waals surface area contributed by atoms with Gasteiger partial charge in [-0.05, 0) is 20.8 Å². The highest BCUT2D eigenvalue weighted by molar-refractivity contribution is 5.75. The molecule has 5 heteroatoms. The Morgan fingerprint density at radius 1 is 1.50 bits per heavy atom. The predicted molar refractivity (Wildman–Crippen MR) is 72.5 cm³/mol. The number of nitrogens with one attached hydrogen (secondary N) is 1. The van der Waals surface area contributed by atoms with Gasteiger partial charge in [0.1, 0.15) is 0 Å². The molecule has 0 aromatic carbocycles. The lowest BCUT2D eigenvalue weighted by atomic mass is 10.1. The molecular weight excluding hydrogens is 230 g/mol. The number of aliphatic hydroxyl groups is 1. The second-order valence-electron chi connectivity index (χ2n) is 5.20. The van der Waals surface area contributed by atoms with E-state index < -0.39 is 0 Å². The van der Waals surface area contributed by atoms with Crippen LogP contribution in [0.3, 0.4) is 0 Å². The summed E-state index contributed by atoms with van der Waals surface area (Å²) in [4.78, 5) is 16.0. The first-order valence-corrected chi connectivity index (χ1v) is 6.94. The minimum Gasteiger partial charge on any atom is -0.392 e. The number of nitrogens with zero attached hydrogens (tertiary/aromatic N) is 2. The summed E-state index contributed by atoms with van der Waals surface area (Å²) in [5, 5.41) is 12.2. The van der Waals surface area contributed by atoms with Crippen molar-refractivity contribution in [1.29, 1.82) is 0 Å². The molecule has 0 spiro atoms. The van der Waals surface area contributed by atoms with Gasteiger partial charge in [0.05, 0.1) is 6.10 Å². The van der Waals surface area contributed by atoms with Gasteiger partial charge in [0.2, 0.25) is 5.91 Å². The SMILES string of the molecule is CCNC(=O)CCN1CCN(C[C@@H](C)O)[C@H](C)C1. The molecule has 1 aliphatic rings. The highest BCUT2D eigenvalue weighted by Crippen LogP contribution is 2.10. The molecule has 18 heavy (non-hydrogen) atoms. The number of amides is 1. The fourth-order valence-electron chi connectivity index (χ4n) is 2.43. The van der Waals surface area contributed by atoms with Crippen molar-refractivity contribution in [1.82, 2.24) is 15.1 Å². The Bertz CT molecular complexity index is 259. The molecule has 0 aromatic heterocycles. The van der Waals surface area contributed by atoms with Gasteiger partial charge in [-0.2, -0.15) is 0 Å². The van der Waals surface area contributed by atoms with Crippen LogP contribution >= 0.6 is 0 Å². The molecule has 2 atom stereocenters. The number of piperazine rings is 1. The Hall–Kier alpha value is -0.650. The number of hydrogen-bond acceptors (Lipinski definition) is 4. The van der Waals surface area contributed by atoms with Crippen LogP contribution < -0.4 is 5.32 Å². The molecule has 0 bridgehead atoms. The zero-order valence-electron chi connectivity index (χ0n) is 11.9. The van der Waals surface area contributed by atoms with Gasteiger partial charge >= 0.3 is 0 Å². The second kappa shape index (κ2) is 7.71. The van der Waals surface area contributed by atoms with Crippen molar-refractivity contribution in [2.24, 2.45) is 0 Å². The summed E-state index contributed by atoms with van der Waals surface area (Å²) in [6.07, 6.45) is 0.311. The number of carbonyl (C=O) groups excluding carboxylic acids is 1. The molecule has 2 N–H and O–H groups in total. The Morgan fingerprint density at radius 2 is 2.22 bits per heavy atom. The summed E-state index contributed by atoms with van der Waals surface area (Å²) < 4.78 is 0. The van der Waals surface area contributed by atoms with Crippen molar-refractivity contribution in [3.05, 3.63) is 0 Å². The molecule has 0 aliphatic carbocycles. The van der Waals surface area contributed by atoms with Crippen LogP contribution in [0.1, 0.15) is 27.2 Å². The average Bonchev–Trinajstić information content (AvgIpc) is 2.29. The monoisotopic (exact) mass is 257 g/mol. The van der Waals surface area contributed by atoms with Crippen molar-refractivity contribution < 1.29 is 9.90 Å². The molecule has 106 valence electrons. The van der Waals surface area contributed by atoms with Gasteiger partial charge in [0, 0.05) is 51.7 Å². The Balaban J connectivity index is 2.26. The molecule has 0 radical (unpaired) electrons. The number of carbonyl (C=O) groups is 1. The van der Waals surface area contributed by atoms with E-state index in [4.69, 9.17) is 0 Å². The summed E-state index contributed by atoms with van der Waals surface area (Å²) in [5.41, 5.74) is 0. The third kappa shape index (κ3) is 5.33. The Labute approximate surface area is 110 Å². The maximum Gasteiger partial charge on any atom is 0.221 e. The predicted octanol–water partition coefficient (Wildman–Crippen LogP) is -0.100. The Morgan fingerprint density at radius 3 is 2.78 bits per heavy atom. The fraction of sp³-hybridized carbons (Fsp3) is 0.923. The maximum absolute atomic E-state index is 11.4. The number of hydrogen-bond donors (Lipinski definition) is 2. The van der Waals surface area contributed by atoms with Crippen LogP contribution in [0.25, 0.3) is 0 Å². The molecular formula is C13H27N3O2. The number of aliphatic hydroxyl groups excluding tert-OH is 1. The summed E-state index contributed by atoms with van der Waals surface area (Å²) in [6.45, 7) is 11.2. The van der Waals surface area contributed by atoms with Gasteiger partial charge in [0.25, 0.3) is 0 Å². The zero-order chi connectivity index (χ0) is 13.5. The quantitative estimate of drug-likeness (QED) is 0.698. The highest BCUT2D eigenvalue weighted by atomic mass is 16.3. The van der Waals surface area contributed by atoms with E-state index in [2.05, 4.69) is 22.0 Å². The van der Waals surface area contributed by atoms with Crippen molar-refractivity contribution >= 4 is 5.91 Å². The van der Waals surface area contributed by atoms with E-state index in [0.717, 1.165) is 32.7 Å². The molecule has 1 fully saturated rings. The van der Waals surface area contributed by atoms with Crippen LogP contribution in [0, 0.1) is 0 Å². The third-order valence-corrected chi connectivity index (χ3v) is 3.38. The van der Waals surface area contributed by atoms with Crippen LogP contribution in [-0.4, -0.2) is 72.2 Å². The minimum absolute atomic E-state index is 0.136. The molecule has 1 heterocycles. The van der Waals surface area contributed by atoms with E-state index >= 15 is 0 Å². The minimum atomic E-state index is -0.269. The first-order chi connectivity index (χ1) is 8.52. The normalized spacial score (nSPS) is 23.9. The second-order valence-corrected chi connectivity index (χ2v) is 5.20. The van der Waals surface area contributed by atoms with E-state index in [1.54, 1.807) is 0 Å². The lowest BCUT2D eigenvalue weighted by molar-refractivity contribution is -0.121. The zero-order valence-corrected chi connectivity index (χ0v) is 11.9. The van der Waals surface area contributed by atoms with E-state index in [-0.39, 0.29) is 12.0 Å². The van der Waals surface area contributed by atoms with E-state index in [9.17, 15) is 9.90 Å². The lowest BCUT2D eigenvalue weighted by Crippen LogP contribution is -2.53. The standard InChI is InChI=1S/C13H27N3O2/c1-4-14-13(18)5-6-15-7-8-16(10-12(3)17)11(2)9-15/h11-12,17H,4-10H2,1-3H3,(H,14,18)/t11-,12-/m1/s1. The van der Waals surface area contributed by atoms with Gasteiger partial charge in [-0.15, -0.1) is 0 Å². The molecule has 0 saturated carbocycles. The van der Waals surface area contributed by atoms with E-state index in [1.807, 2.05) is 13.8 Å². The van der Waals surface area contributed by atoms with Crippen LogP contribution in [0.2, 0.25) is 0 Å². The van der Waals surface area contributed by atoms with Crippen molar-refractivity contribution in [3.8, 4) is 0 Å². The molecule has 1 aliphatic heterocycles. The fourth-order valence-corrected chi connectivity index (χ4v) is 2.43. The largest absolute Gasteiger partial charge is 0.392 e. The van der Waals surface area contributed by atoms with Crippen LogP contribution in [0.15, 0.2) is 0 Å². The van der Waals surface area contributed by atoms with Crippen LogP contribution in [0.4, 0.5) is 0 Å².